The normalized spacial score (nSPS) is 12.9. The summed E-state index contributed by atoms with van der Waals surface area (Å²) < 4.78 is 9.37. The minimum absolute atomic E-state index is 0.0457. The average molecular weight is 485 g/mol. The molecule has 1 unspecified atom stereocenters. The Labute approximate surface area is 199 Å². The highest BCUT2D eigenvalue weighted by atomic mass is 32.2. The van der Waals surface area contributed by atoms with Gasteiger partial charge >= 0.3 is 0 Å². The molecule has 4 rings (SSSR count). The highest BCUT2D eigenvalue weighted by Gasteiger charge is 2.23. The van der Waals surface area contributed by atoms with E-state index < -0.39 is 0 Å². The molecular weight excluding hydrogens is 456 g/mol. The monoisotopic (exact) mass is 484 g/mol. The van der Waals surface area contributed by atoms with E-state index >= 15 is 0 Å². The molecule has 0 bridgehead atoms. The quantitative estimate of drug-likeness (QED) is 0.411. The van der Waals surface area contributed by atoms with Gasteiger partial charge < -0.3 is 10.1 Å². The maximum atomic E-state index is 12.7. The minimum atomic E-state index is -0.199. The number of pyridine rings is 1. The fourth-order valence-electron chi connectivity index (χ4n) is 3.70. The second kappa shape index (κ2) is 9.11. The van der Waals surface area contributed by atoms with Crippen LogP contribution in [0.25, 0.3) is 17.0 Å². The number of aryl methyl sites for hydroxylation is 1. The van der Waals surface area contributed by atoms with Gasteiger partial charge in [0.15, 0.2) is 0 Å². The van der Waals surface area contributed by atoms with Crippen LogP contribution in [-0.4, -0.2) is 47.3 Å². The van der Waals surface area contributed by atoms with Crippen LogP contribution in [0.1, 0.15) is 43.9 Å². The van der Waals surface area contributed by atoms with Gasteiger partial charge in [0.25, 0.3) is 5.91 Å². The standard InChI is InChI=1S/C23H28N6O2S2/c1-7-33(23(2,3)4)20-12-29-18(11-24-21(29)9-19(20)31-6)16-8-17(28(5)27-16)22(30)25-10-15-13-32-14-26-15/h7-9,11-14H,10H2,1-6H3,(H,25,30). The molecule has 10 heteroatoms. The number of nitrogens with one attached hydrogen (secondary N) is 1. The van der Waals surface area contributed by atoms with E-state index in [4.69, 9.17) is 4.74 Å². The van der Waals surface area contributed by atoms with E-state index in [2.05, 4.69) is 59.6 Å². The van der Waals surface area contributed by atoms with Gasteiger partial charge in [-0.05, 0) is 13.0 Å². The molecule has 0 aliphatic heterocycles. The summed E-state index contributed by atoms with van der Waals surface area (Å²) in [7, 11) is 3.31. The van der Waals surface area contributed by atoms with Gasteiger partial charge in [0, 0.05) is 29.4 Å². The Bertz CT molecular complexity index is 1330. The summed E-state index contributed by atoms with van der Waals surface area (Å²) in [6, 6.07) is 3.75. The lowest BCUT2D eigenvalue weighted by Gasteiger charge is -2.26. The topological polar surface area (TPSA) is 86.3 Å². The van der Waals surface area contributed by atoms with Crippen molar-refractivity contribution in [2.24, 2.45) is 7.05 Å². The fourth-order valence-corrected chi connectivity index (χ4v) is 6.46. The Morgan fingerprint density at radius 2 is 2.09 bits per heavy atom. The van der Waals surface area contributed by atoms with Crippen molar-refractivity contribution in [3.8, 4) is 17.1 Å². The van der Waals surface area contributed by atoms with Crippen molar-refractivity contribution in [3.05, 3.63) is 46.8 Å². The lowest BCUT2D eigenvalue weighted by Crippen LogP contribution is -2.25. The van der Waals surface area contributed by atoms with E-state index in [1.165, 1.54) is 11.3 Å². The third kappa shape index (κ3) is 4.58. The van der Waals surface area contributed by atoms with Crippen LogP contribution in [0.15, 0.2) is 40.3 Å². The Morgan fingerprint density at radius 3 is 2.73 bits per heavy atom. The van der Waals surface area contributed by atoms with Crippen molar-refractivity contribution >= 4 is 38.7 Å². The number of thiazole rings is 1. The number of aromatic nitrogens is 5. The second-order valence-corrected chi connectivity index (χ2v) is 12.0. The molecule has 4 aromatic heterocycles. The van der Waals surface area contributed by atoms with Gasteiger partial charge in [-0.1, -0.05) is 26.1 Å². The van der Waals surface area contributed by atoms with Crippen LogP contribution < -0.4 is 10.1 Å². The third-order valence-corrected chi connectivity index (χ3v) is 8.42. The number of hydrogen-bond acceptors (Lipinski definition) is 6. The summed E-state index contributed by atoms with van der Waals surface area (Å²) in [5, 5.41) is 11.6. The molecule has 4 aromatic rings. The molecule has 0 radical (unpaired) electrons. The fraction of sp³-hybridized carbons (Fsp3) is 0.348. The molecule has 1 N–H and O–H groups in total. The van der Waals surface area contributed by atoms with Crippen molar-refractivity contribution in [1.82, 2.24) is 29.5 Å². The summed E-state index contributed by atoms with van der Waals surface area (Å²) in [6.07, 6.45) is 3.87. The van der Waals surface area contributed by atoms with Gasteiger partial charge in [0.05, 0.1) is 41.6 Å². The largest absolute Gasteiger partial charge is 0.495 e. The predicted octanol–water partition coefficient (Wildman–Crippen LogP) is 4.38. The highest BCUT2D eigenvalue weighted by molar-refractivity contribution is 8.16. The van der Waals surface area contributed by atoms with Crippen LogP contribution in [0.4, 0.5) is 0 Å². The van der Waals surface area contributed by atoms with E-state index in [9.17, 15) is 4.79 Å². The minimum Gasteiger partial charge on any atom is -0.495 e. The van der Waals surface area contributed by atoms with Gasteiger partial charge in [0.2, 0.25) is 0 Å². The lowest BCUT2D eigenvalue weighted by molar-refractivity contribution is 0.0941. The molecule has 0 aliphatic carbocycles. The molecule has 0 fully saturated rings. The Morgan fingerprint density at radius 1 is 1.30 bits per heavy atom. The van der Waals surface area contributed by atoms with Crippen molar-refractivity contribution in [1.29, 1.82) is 0 Å². The van der Waals surface area contributed by atoms with Gasteiger partial charge in [-0.2, -0.15) is 5.10 Å². The van der Waals surface area contributed by atoms with Crippen molar-refractivity contribution in [2.75, 3.05) is 7.11 Å². The van der Waals surface area contributed by atoms with Gasteiger partial charge in [0.1, 0.15) is 22.8 Å². The summed E-state index contributed by atoms with van der Waals surface area (Å²) in [5.74, 6) is 0.620. The van der Waals surface area contributed by atoms with E-state index in [0.717, 1.165) is 27.7 Å². The zero-order valence-electron chi connectivity index (χ0n) is 19.6. The number of carbonyl (C=O) groups excluding carboxylic acids is 1. The number of carbonyl (C=O) groups is 1. The first-order chi connectivity index (χ1) is 15.7. The molecule has 8 nitrogen and oxygen atoms in total. The first kappa shape index (κ1) is 23.2. The SMILES string of the molecule is C/C=S(\c1cn2c(-c3cc(C(=O)NCc4cscn4)n(C)n3)cnc2cc1OC)C(C)(C)C. The first-order valence-electron chi connectivity index (χ1n) is 10.5. The average Bonchev–Trinajstić information content (AvgIpc) is 3.50. The van der Waals surface area contributed by atoms with Crippen molar-refractivity contribution in [2.45, 2.75) is 43.9 Å². The smallest absolute Gasteiger partial charge is 0.269 e. The second-order valence-electron chi connectivity index (χ2n) is 8.46. The number of amides is 1. The summed E-state index contributed by atoms with van der Waals surface area (Å²) in [5.41, 5.74) is 5.31. The van der Waals surface area contributed by atoms with E-state index in [1.807, 2.05) is 15.8 Å². The number of hydrogen-bond donors (Lipinski definition) is 1. The molecule has 0 saturated heterocycles. The van der Waals surface area contributed by atoms with Crippen LogP contribution in [-0.2, 0) is 13.6 Å². The number of imidazole rings is 1. The van der Waals surface area contributed by atoms with E-state index in [1.54, 1.807) is 36.6 Å². The van der Waals surface area contributed by atoms with Crippen LogP contribution in [0.2, 0.25) is 0 Å². The predicted molar refractivity (Wildman–Crippen MR) is 135 cm³/mol. The maximum Gasteiger partial charge on any atom is 0.269 e. The maximum absolute atomic E-state index is 12.7. The molecule has 0 spiro atoms. The van der Waals surface area contributed by atoms with Gasteiger partial charge in [-0.3, -0.25) is 13.9 Å². The number of ether oxygens (including phenoxy) is 1. The Balaban J connectivity index is 1.72. The molecule has 1 amide bonds. The summed E-state index contributed by atoms with van der Waals surface area (Å²) in [4.78, 5) is 22.6. The molecule has 1 atom stereocenters. The van der Waals surface area contributed by atoms with Crippen molar-refractivity contribution in [3.63, 3.8) is 0 Å². The van der Waals surface area contributed by atoms with Crippen LogP contribution in [0.5, 0.6) is 5.75 Å². The number of fused-ring (bicyclic) bond motifs is 1. The van der Waals surface area contributed by atoms with Crippen LogP contribution >= 0.6 is 21.8 Å². The molecule has 0 saturated carbocycles. The summed E-state index contributed by atoms with van der Waals surface area (Å²) >= 11 is 1.50. The molecule has 4 heterocycles. The Hall–Kier alpha value is -2.98. The van der Waals surface area contributed by atoms with Crippen LogP contribution in [0.3, 0.4) is 0 Å². The van der Waals surface area contributed by atoms with E-state index in [-0.39, 0.29) is 21.1 Å². The zero-order valence-corrected chi connectivity index (χ0v) is 21.3. The van der Waals surface area contributed by atoms with Gasteiger partial charge in [-0.15, -0.1) is 21.8 Å². The van der Waals surface area contributed by atoms with Gasteiger partial charge in [-0.25, -0.2) is 9.97 Å². The first-order valence-corrected chi connectivity index (χ1v) is 12.7. The summed E-state index contributed by atoms with van der Waals surface area (Å²) in [6.45, 7) is 9.14. The third-order valence-electron chi connectivity index (χ3n) is 5.22. The molecule has 33 heavy (non-hydrogen) atoms. The number of rotatable bonds is 6. The molecular formula is C23H28N6O2S2. The lowest BCUT2D eigenvalue weighted by atomic mass is 10.3. The number of methoxy groups -OCH3 is 1. The number of nitrogens with zero attached hydrogens (tertiary/aromatic N) is 5. The van der Waals surface area contributed by atoms with Crippen LogP contribution in [0, 0.1) is 0 Å². The zero-order chi connectivity index (χ0) is 23.8. The highest BCUT2D eigenvalue weighted by Crippen LogP contribution is 2.44. The van der Waals surface area contributed by atoms with E-state index in [0.29, 0.717) is 17.9 Å². The Kier molecular flexibility index (Phi) is 6.40. The van der Waals surface area contributed by atoms with Crippen molar-refractivity contribution < 1.29 is 9.53 Å². The molecule has 0 aromatic carbocycles. The molecule has 174 valence electrons. The molecule has 0 aliphatic rings.